The van der Waals surface area contributed by atoms with E-state index in [1.54, 1.807) is 7.11 Å². The Kier molecular flexibility index (Phi) is 4.28. The number of likely N-dealkylation sites (N-methyl/N-ethyl adjacent to an activating group) is 1. The van der Waals surface area contributed by atoms with Crippen molar-refractivity contribution in [1.82, 2.24) is 14.9 Å². The number of hydrogen-bond donors (Lipinski definition) is 0. The fourth-order valence-electron chi connectivity index (χ4n) is 3.99. The van der Waals surface area contributed by atoms with Crippen molar-refractivity contribution in [2.75, 3.05) is 45.2 Å². The lowest BCUT2D eigenvalue weighted by Gasteiger charge is -2.32. The van der Waals surface area contributed by atoms with Gasteiger partial charge >= 0.3 is 0 Å². The topological polar surface area (TPSA) is 58.6 Å². The van der Waals surface area contributed by atoms with E-state index in [0.29, 0.717) is 22.8 Å². The van der Waals surface area contributed by atoms with E-state index in [-0.39, 0.29) is 5.78 Å². The maximum Gasteiger partial charge on any atom is 0.226 e. The Balaban J connectivity index is 1.69. The van der Waals surface area contributed by atoms with Crippen molar-refractivity contribution in [2.45, 2.75) is 0 Å². The molecule has 0 amide bonds. The third-order valence-corrected chi connectivity index (χ3v) is 5.70. The first-order valence-electron chi connectivity index (χ1n) is 9.80. The van der Waals surface area contributed by atoms with E-state index in [9.17, 15) is 4.79 Å². The van der Waals surface area contributed by atoms with Gasteiger partial charge in [0.05, 0.1) is 24.1 Å². The van der Waals surface area contributed by atoms with Crippen LogP contribution in [0.25, 0.3) is 22.5 Å². The van der Waals surface area contributed by atoms with Gasteiger partial charge in [-0.3, -0.25) is 4.79 Å². The van der Waals surface area contributed by atoms with Gasteiger partial charge in [-0.1, -0.05) is 24.3 Å². The molecular formula is C23H22N4O2. The SMILES string of the molecule is COc1ccc(-c2nc(N3CCN(C)CC3)nc3c2C(=O)c2ccccc2-3)cc1. The molecule has 5 rings (SSSR count). The number of carbonyl (C=O) groups is 1. The molecule has 1 aromatic heterocycles. The van der Waals surface area contributed by atoms with Gasteiger partial charge < -0.3 is 14.5 Å². The molecule has 3 aromatic rings. The number of aromatic nitrogens is 2. The van der Waals surface area contributed by atoms with Crippen LogP contribution >= 0.6 is 0 Å². The molecule has 0 radical (unpaired) electrons. The molecule has 29 heavy (non-hydrogen) atoms. The maximum atomic E-state index is 13.2. The quantitative estimate of drug-likeness (QED) is 0.539. The average Bonchev–Trinajstić information content (AvgIpc) is 3.06. The highest BCUT2D eigenvalue weighted by Gasteiger charge is 2.33. The highest BCUT2D eigenvalue weighted by molar-refractivity contribution is 6.23. The van der Waals surface area contributed by atoms with E-state index in [1.807, 2.05) is 48.5 Å². The zero-order valence-electron chi connectivity index (χ0n) is 16.6. The van der Waals surface area contributed by atoms with Crippen LogP contribution in [0.5, 0.6) is 5.75 Å². The van der Waals surface area contributed by atoms with Gasteiger partial charge in [0.1, 0.15) is 5.75 Å². The molecule has 2 aromatic carbocycles. The maximum absolute atomic E-state index is 13.2. The fraction of sp³-hybridized carbons (Fsp3) is 0.261. The first-order chi connectivity index (χ1) is 14.2. The van der Waals surface area contributed by atoms with Crippen molar-refractivity contribution in [2.24, 2.45) is 0 Å². The van der Waals surface area contributed by atoms with Gasteiger partial charge in [-0.15, -0.1) is 0 Å². The Hall–Kier alpha value is -3.25. The molecule has 0 spiro atoms. The molecule has 6 heteroatoms. The summed E-state index contributed by atoms with van der Waals surface area (Å²) in [5.41, 5.74) is 4.49. The second-order valence-corrected chi connectivity index (χ2v) is 7.49. The second kappa shape index (κ2) is 6.97. The molecule has 0 atom stereocenters. The summed E-state index contributed by atoms with van der Waals surface area (Å²) in [6.07, 6.45) is 0. The number of nitrogens with zero attached hydrogens (tertiary/aromatic N) is 4. The van der Waals surface area contributed by atoms with Crippen molar-refractivity contribution in [3.05, 3.63) is 59.7 Å². The summed E-state index contributed by atoms with van der Waals surface area (Å²) in [6, 6.07) is 15.4. The average molecular weight is 386 g/mol. The highest BCUT2D eigenvalue weighted by atomic mass is 16.5. The monoisotopic (exact) mass is 386 g/mol. The number of methoxy groups -OCH3 is 1. The number of hydrogen-bond acceptors (Lipinski definition) is 6. The van der Waals surface area contributed by atoms with E-state index < -0.39 is 0 Å². The normalized spacial score (nSPS) is 15.9. The minimum Gasteiger partial charge on any atom is -0.497 e. The molecule has 0 unspecified atom stereocenters. The van der Waals surface area contributed by atoms with Crippen molar-refractivity contribution in [1.29, 1.82) is 0 Å². The Bertz CT molecular complexity index is 1090. The van der Waals surface area contributed by atoms with Gasteiger partial charge in [0.2, 0.25) is 5.95 Å². The number of carbonyl (C=O) groups excluding carboxylic acids is 1. The standard InChI is InChI=1S/C23H22N4O2/c1-26-11-13-27(14-12-26)23-24-20(15-7-9-16(29-2)10-8-15)19-21(25-23)17-5-3-4-6-18(17)22(19)28/h3-10H,11-14H2,1-2H3. The number of rotatable bonds is 3. The Morgan fingerprint density at radius 1 is 0.862 bits per heavy atom. The molecule has 0 N–H and O–H groups in total. The number of fused-ring (bicyclic) bond motifs is 3. The van der Waals surface area contributed by atoms with Crippen LogP contribution in [0.4, 0.5) is 5.95 Å². The van der Waals surface area contributed by atoms with Gasteiger partial charge in [-0.25, -0.2) is 9.97 Å². The van der Waals surface area contributed by atoms with Crippen LogP contribution in [0.3, 0.4) is 0 Å². The van der Waals surface area contributed by atoms with Gasteiger partial charge in [0.15, 0.2) is 5.78 Å². The van der Waals surface area contributed by atoms with Crippen LogP contribution < -0.4 is 9.64 Å². The van der Waals surface area contributed by atoms with Crippen molar-refractivity contribution >= 4 is 11.7 Å². The summed E-state index contributed by atoms with van der Waals surface area (Å²) in [4.78, 5) is 27.5. The Morgan fingerprint density at radius 2 is 1.52 bits per heavy atom. The molecule has 1 saturated heterocycles. The zero-order valence-corrected chi connectivity index (χ0v) is 16.6. The van der Waals surface area contributed by atoms with Gasteiger partial charge in [0.25, 0.3) is 0 Å². The minimum absolute atomic E-state index is 0.00801. The molecular weight excluding hydrogens is 364 g/mol. The first-order valence-corrected chi connectivity index (χ1v) is 9.80. The van der Waals surface area contributed by atoms with Crippen LogP contribution in [0.2, 0.25) is 0 Å². The molecule has 146 valence electrons. The number of anilines is 1. The lowest BCUT2D eigenvalue weighted by Crippen LogP contribution is -2.45. The molecule has 1 fully saturated rings. The van der Waals surface area contributed by atoms with E-state index in [2.05, 4.69) is 16.8 Å². The lowest BCUT2D eigenvalue weighted by molar-refractivity contribution is 0.104. The van der Waals surface area contributed by atoms with Crippen molar-refractivity contribution in [3.63, 3.8) is 0 Å². The second-order valence-electron chi connectivity index (χ2n) is 7.49. The Labute approximate surface area is 169 Å². The third kappa shape index (κ3) is 2.96. The van der Waals surface area contributed by atoms with Crippen LogP contribution in [-0.4, -0.2) is 61.0 Å². The molecule has 1 aliphatic heterocycles. The van der Waals surface area contributed by atoms with Gasteiger partial charge in [-0.05, 0) is 31.3 Å². The molecule has 0 saturated carbocycles. The van der Waals surface area contributed by atoms with E-state index in [0.717, 1.165) is 48.7 Å². The predicted octanol–water partition coefficient (Wildman–Crippen LogP) is 3.12. The smallest absolute Gasteiger partial charge is 0.226 e. The van der Waals surface area contributed by atoms with E-state index in [4.69, 9.17) is 14.7 Å². The molecule has 2 heterocycles. The zero-order chi connectivity index (χ0) is 20.0. The third-order valence-electron chi connectivity index (χ3n) is 5.70. The largest absolute Gasteiger partial charge is 0.497 e. The van der Waals surface area contributed by atoms with Crippen LogP contribution in [-0.2, 0) is 0 Å². The molecule has 2 aliphatic rings. The lowest BCUT2D eigenvalue weighted by atomic mass is 10.0. The Morgan fingerprint density at radius 3 is 2.21 bits per heavy atom. The number of piperazine rings is 1. The van der Waals surface area contributed by atoms with Crippen molar-refractivity contribution in [3.8, 4) is 28.3 Å². The van der Waals surface area contributed by atoms with Crippen LogP contribution in [0, 0.1) is 0 Å². The van der Waals surface area contributed by atoms with Crippen LogP contribution in [0.15, 0.2) is 48.5 Å². The highest BCUT2D eigenvalue weighted by Crippen LogP contribution is 2.40. The molecule has 1 aliphatic carbocycles. The number of benzene rings is 2. The summed E-state index contributed by atoms with van der Waals surface area (Å²) in [6.45, 7) is 3.67. The van der Waals surface area contributed by atoms with E-state index >= 15 is 0 Å². The predicted molar refractivity (Wildman–Crippen MR) is 113 cm³/mol. The first kappa shape index (κ1) is 17.8. The summed E-state index contributed by atoms with van der Waals surface area (Å²) >= 11 is 0. The summed E-state index contributed by atoms with van der Waals surface area (Å²) in [7, 11) is 3.77. The van der Waals surface area contributed by atoms with Crippen molar-refractivity contribution < 1.29 is 9.53 Å². The minimum atomic E-state index is -0.00801. The summed E-state index contributed by atoms with van der Waals surface area (Å²) < 4.78 is 5.29. The number of ether oxygens (including phenoxy) is 1. The number of ketones is 1. The molecule has 6 nitrogen and oxygen atoms in total. The van der Waals surface area contributed by atoms with Gasteiger partial charge in [-0.2, -0.15) is 0 Å². The summed E-state index contributed by atoms with van der Waals surface area (Å²) in [5.74, 6) is 1.45. The fourth-order valence-corrected chi connectivity index (χ4v) is 3.99. The van der Waals surface area contributed by atoms with Crippen LogP contribution in [0.1, 0.15) is 15.9 Å². The molecule has 0 bridgehead atoms. The van der Waals surface area contributed by atoms with E-state index in [1.165, 1.54) is 0 Å². The summed E-state index contributed by atoms with van der Waals surface area (Å²) in [5, 5.41) is 0. The van der Waals surface area contributed by atoms with Gasteiger partial charge in [0, 0.05) is 42.9 Å².